The first-order chi connectivity index (χ1) is 4.31. The van der Waals surface area contributed by atoms with Crippen molar-refractivity contribution in [3.8, 4) is 0 Å². The summed E-state index contributed by atoms with van der Waals surface area (Å²) >= 11 is 3.37. The van der Waals surface area contributed by atoms with Gasteiger partial charge in [0.1, 0.15) is 0 Å². The minimum Gasteiger partial charge on any atom is -0.396 e. The molecule has 0 saturated heterocycles. The molecule has 0 radical (unpaired) electrons. The highest BCUT2D eigenvalue weighted by atomic mass is 79.9. The van der Waals surface area contributed by atoms with Gasteiger partial charge in [0.05, 0.1) is 0 Å². The molecule has 1 unspecified atom stereocenters. The highest BCUT2D eigenvalue weighted by molar-refractivity contribution is 9.09. The van der Waals surface area contributed by atoms with Crippen LogP contribution in [0.1, 0.15) is 19.3 Å². The van der Waals surface area contributed by atoms with Gasteiger partial charge in [-0.2, -0.15) is 0 Å². The van der Waals surface area contributed by atoms with E-state index in [1.54, 1.807) is 0 Å². The molecule has 0 rings (SSSR count). The lowest BCUT2D eigenvalue weighted by Gasteiger charge is -2.04. The summed E-state index contributed by atoms with van der Waals surface area (Å²) in [6.45, 7) is 0.467. The Balaban J connectivity index is 2.95. The Morgan fingerprint density at radius 1 is 1.11 bits per heavy atom. The van der Waals surface area contributed by atoms with Crippen LogP contribution >= 0.6 is 15.9 Å². The molecule has 2 nitrogen and oxygen atoms in total. The molecule has 0 heterocycles. The number of aliphatic hydroxyl groups is 2. The van der Waals surface area contributed by atoms with E-state index < -0.39 is 0 Å². The van der Waals surface area contributed by atoms with Crippen LogP contribution in [0.25, 0.3) is 0 Å². The largest absolute Gasteiger partial charge is 0.396 e. The van der Waals surface area contributed by atoms with Crippen molar-refractivity contribution in [1.29, 1.82) is 0 Å². The fourth-order valence-electron chi connectivity index (χ4n) is 0.597. The lowest BCUT2D eigenvalue weighted by Crippen LogP contribution is -2.01. The van der Waals surface area contributed by atoms with E-state index in [1.165, 1.54) is 0 Å². The van der Waals surface area contributed by atoms with E-state index in [2.05, 4.69) is 15.9 Å². The summed E-state index contributed by atoms with van der Waals surface area (Å²) in [4.78, 5) is 0.370. The maximum Gasteiger partial charge on any atom is 0.0441 e. The molecule has 0 amide bonds. The number of alkyl halides is 1. The van der Waals surface area contributed by atoms with Gasteiger partial charge in [0, 0.05) is 18.0 Å². The van der Waals surface area contributed by atoms with E-state index in [4.69, 9.17) is 10.2 Å². The van der Waals surface area contributed by atoms with Crippen molar-refractivity contribution in [3.63, 3.8) is 0 Å². The van der Waals surface area contributed by atoms with Gasteiger partial charge in [0.15, 0.2) is 0 Å². The second-order valence-corrected chi connectivity index (χ2v) is 3.27. The van der Waals surface area contributed by atoms with Crippen molar-refractivity contribution in [2.24, 2.45) is 0 Å². The molecule has 0 saturated carbocycles. The monoisotopic (exact) mass is 196 g/mol. The Hall–Kier alpha value is 0.400. The third-order valence-electron chi connectivity index (χ3n) is 1.12. The molecule has 0 aliphatic rings. The average molecular weight is 197 g/mol. The first-order valence-corrected chi connectivity index (χ1v) is 4.08. The molecule has 1 atom stereocenters. The topological polar surface area (TPSA) is 40.5 Å². The zero-order valence-corrected chi connectivity index (χ0v) is 6.97. The van der Waals surface area contributed by atoms with Crippen molar-refractivity contribution in [2.45, 2.75) is 24.1 Å². The Bertz CT molecular complexity index is 59.0. The van der Waals surface area contributed by atoms with Crippen LogP contribution in [0, 0.1) is 0 Å². The third-order valence-corrected chi connectivity index (χ3v) is 2.03. The second-order valence-electron chi connectivity index (χ2n) is 1.98. The molecule has 0 aliphatic carbocycles. The van der Waals surface area contributed by atoms with E-state index >= 15 is 0 Å². The minimum absolute atomic E-state index is 0.224. The molecule has 56 valence electrons. The van der Waals surface area contributed by atoms with Crippen LogP contribution in [0.4, 0.5) is 0 Å². The summed E-state index contributed by atoms with van der Waals surface area (Å²) in [6.07, 6.45) is 2.53. The van der Waals surface area contributed by atoms with Gasteiger partial charge in [-0.25, -0.2) is 0 Å². The van der Waals surface area contributed by atoms with Gasteiger partial charge in [-0.05, 0) is 19.3 Å². The molecule has 9 heavy (non-hydrogen) atoms. The molecule has 0 bridgehead atoms. The lowest BCUT2D eigenvalue weighted by molar-refractivity contribution is 0.268. The number of halogens is 1. The molecule has 0 aromatic rings. The zero-order chi connectivity index (χ0) is 7.11. The molecule has 3 heteroatoms. The number of rotatable bonds is 5. The predicted octanol–water partition coefficient (Wildman–Crippen LogP) is 0.905. The maximum absolute atomic E-state index is 8.44. The Morgan fingerprint density at radius 3 is 2.22 bits per heavy atom. The average Bonchev–Trinajstić information content (AvgIpc) is 1.85. The van der Waals surface area contributed by atoms with Gasteiger partial charge < -0.3 is 10.2 Å². The molecule has 0 spiro atoms. The van der Waals surface area contributed by atoms with Crippen molar-refractivity contribution in [3.05, 3.63) is 0 Å². The van der Waals surface area contributed by atoms with Crippen LogP contribution in [-0.4, -0.2) is 28.3 Å². The molecule has 0 aliphatic heterocycles. The van der Waals surface area contributed by atoms with Gasteiger partial charge in [0.25, 0.3) is 0 Å². The van der Waals surface area contributed by atoms with E-state index in [0.29, 0.717) is 4.83 Å². The summed E-state index contributed by atoms with van der Waals surface area (Å²) in [5, 5.41) is 16.8. The fourth-order valence-corrected chi connectivity index (χ4v) is 1.13. The Kier molecular flexibility index (Phi) is 6.81. The highest BCUT2D eigenvalue weighted by Gasteiger charge is 2.00. The molecular formula is C6H13BrO2. The second kappa shape index (κ2) is 6.52. The van der Waals surface area contributed by atoms with Gasteiger partial charge in [-0.15, -0.1) is 0 Å². The van der Waals surface area contributed by atoms with Gasteiger partial charge in [0.2, 0.25) is 0 Å². The molecule has 0 aromatic carbocycles. The van der Waals surface area contributed by atoms with Crippen molar-refractivity contribution >= 4 is 15.9 Å². The van der Waals surface area contributed by atoms with E-state index in [0.717, 1.165) is 19.3 Å². The Morgan fingerprint density at radius 2 is 1.78 bits per heavy atom. The summed E-state index contributed by atoms with van der Waals surface area (Å²) in [7, 11) is 0. The van der Waals surface area contributed by atoms with Gasteiger partial charge in [-0.3, -0.25) is 0 Å². The SMILES string of the molecule is OCCCC(Br)CCO. The summed E-state index contributed by atoms with van der Waals surface area (Å²) < 4.78 is 0. The van der Waals surface area contributed by atoms with Crippen LogP contribution in [0.15, 0.2) is 0 Å². The van der Waals surface area contributed by atoms with E-state index in [-0.39, 0.29) is 13.2 Å². The standard InChI is InChI=1S/C6H13BrO2/c7-6(3-5-9)2-1-4-8/h6,8-9H,1-5H2. The smallest absolute Gasteiger partial charge is 0.0441 e. The predicted molar refractivity (Wildman–Crippen MR) is 40.7 cm³/mol. The molecule has 0 fully saturated rings. The maximum atomic E-state index is 8.44. The Labute approximate surface area is 64.0 Å². The quantitative estimate of drug-likeness (QED) is 0.643. The number of hydrogen-bond donors (Lipinski definition) is 2. The van der Waals surface area contributed by atoms with Gasteiger partial charge in [-0.1, -0.05) is 15.9 Å². The number of hydrogen-bond acceptors (Lipinski definition) is 2. The van der Waals surface area contributed by atoms with E-state index in [9.17, 15) is 0 Å². The first kappa shape index (κ1) is 9.40. The van der Waals surface area contributed by atoms with Crippen LogP contribution in [0.2, 0.25) is 0 Å². The molecule has 0 aromatic heterocycles. The van der Waals surface area contributed by atoms with Crippen LogP contribution in [-0.2, 0) is 0 Å². The first-order valence-electron chi connectivity index (χ1n) is 3.17. The van der Waals surface area contributed by atoms with Crippen LogP contribution in [0.5, 0.6) is 0 Å². The normalized spacial score (nSPS) is 13.7. The summed E-state index contributed by atoms with van der Waals surface area (Å²) in [6, 6.07) is 0. The van der Waals surface area contributed by atoms with Crippen molar-refractivity contribution in [2.75, 3.05) is 13.2 Å². The molecular weight excluding hydrogens is 184 g/mol. The lowest BCUT2D eigenvalue weighted by atomic mass is 10.2. The highest BCUT2D eigenvalue weighted by Crippen LogP contribution is 2.10. The zero-order valence-electron chi connectivity index (χ0n) is 5.39. The van der Waals surface area contributed by atoms with Crippen LogP contribution in [0.3, 0.4) is 0 Å². The van der Waals surface area contributed by atoms with Gasteiger partial charge >= 0.3 is 0 Å². The van der Waals surface area contributed by atoms with Crippen molar-refractivity contribution in [1.82, 2.24) is 0 Å². The molecule has 2 N–H and O–H groups in total. The van der Waals surface area contributed by atoms with Crippen LogP contribution < -0.4 is 0 Å². The number of aliphatic hydroxyl groups excluding tert-OH is 2. The fraction of sp³-hybridized carbons (Fsp3) is 1.00. The summed E-state index contributed by atoms with van der Waals surface area (Å²) in [5.74, 6) is 0. The third kappa shape index (κ3) is 6.28. The van der Waals surface area contributed by atoms with Crippen molar-refractivity contribution < 1.29 is 10.2 Å². The van der Waals surface area contributed by atoms with E-state index in [1.807, 2.05) is 0 Å². The summed E-state index contributed by atoms with van der Waals surface area (Å²) in [5.41, 5.74) is 0. The minimum atomic E-state index is 0.224.